The van der Waals surface area contributed by atoms with Crippen LogP contribution < -0.4 is 0 Å². The zero-order valence-electron chi connectivity index (χ0n) is 21.0. The summed E-state index contributed by atoms with van der Waals surface area (Å²) in [4.78, 5) is 0. The average Bonchev–Trinajstić information content (AvgIpc) is 3.38. The van der Waals surface area contributed by atoms with Crippen molar-refractivity contribution in [2.45, 2.75) is 120 Å². The molecule has 32 heavy (non-hydrogen) atoms. The second-order valence-corrected chi connectivity index (χ2v) is 18.0. The Balaban J connectivity index is 1.38. The molecule has 178 valence electrons. The molecule has 4 fully saturated rings. The van der Waals surface area contributed by atoms with E-state index in [1.165, 1.54) is 24.0 Å². The second-order valence-electron chi connectivity index (χ2n) is 13.2. The maximum Gasteiger partial charge on any atom is 0.194 e. The molecular weight excluding hydrogens is 416 g/mol. The topological polar surface area (TPSA) is 36.9 Å². The molecule has 6 aliphatic rings. The molecule has 0 aromatic carbocycles. The maximum atomic E-state index is 7.35. The minimum absolute atomic E-state index is 0.140. The van der Waals surface area contributed by atoms with Crippen LogP contribution in [0.3, 0.4) is 0 Å². The normalized spacial score (nSPS) is 44.7. The van der Waals surface area contributed by atoms with Crippen LogP contribution in [0.5, 0.6) is 0 Å². The fraction of sp³-hybridized carbons (Fsp3) is 0.852. The lowest BCUT2D eigenvalue weighted by Gasteiger charge is -2.56. The van der Waals surface area contributed by atoms with Crippen molar-refractivity contribution >= 4 is 8.32 Å². The number of rotatable bonds is 2. The van der Waals surface area contributed by atoms with E-state index in [0.29, 0.717) is 25.2 Å². The van der Waals surface area contributed by atoms with E-state index in [-0.39, 0.29) is 21.7 Å². The van der Waals surface area contributed by atoms with Crippen LogP contribution in [-0.4, -0.2) is 44.6 Å². The highest BCUT2D eigenvalue weighted by molar-refractivity contribution is 6.74. The highest BCUT2D eigenvalue weighted by Crippen LogP contribution is 2.68. The first-order valence-corrected chi connectivity index (χ1v) is 16.0. The van der Waals surface area contributed by atoms with Gasteiger partial charge in [0.05, 0.1) is 30.5 Å². The van der Waals surface area contributed by atoms with Crippen molar-refractivity contribution in [1.82, 2.24) is 0 Å². The van der Waals surface area contributed by atoms with E-state index in [1.54, 1.807) is 0 Å². The van der Waals surface area contributed by atoms with Gasteiger partial charge < -0.3 is 18.6 Å². The van der Waals surface area contributed by atoms with Crippen LogP contribution in [0.15, 0.2) is 23.3 Å². The third-order valence-corrected chi connectivity index (χ3v) is 15.1. The second kappa shape index (κ2) is 6.60. The molecule has 0 amide bonds. The Morgan fingerprint density at radius 3 is 2.50 bits per heavy atom. The third kappa shape index (κ3) is 2.69. The summed E-state index contributed by atoms with van der Waals surface area (Å²) < 4.78 is 27.0. The van der Waals surface area contributed by atoms with E-state index >= 15 is 0 Å². The van der Waals surface area contributed by atoms with E-state index in [0.717, 1.165) is 38.5 Å². The van der Waals surface area contributed by atoms with Gasteiger partial charge in [-0.1, -0.05) is 33.8 Å². The molecule has 4 nitrogen and oxygen atoms in total. The minimum Gasteiger partial charge on any atom is -0.413 e. The minimum atomic E-state index is -1.82. The summed E-state index contributed by atoms with van der Waals surface area (Å²) in [7, 11) is -1.82. The number of fused-ring (bicyclic) bond motifs is 2. The van der Waals surface area contributed by atoms with Gasteiger partial charge in [0.25, 0.3) is 0 Å². The molecule has 3 spiro atoms. The Hall–Kier alpha value is -0.463. The summed E-state index contributed by atoms with van der Waals surface area (Å²) in [6.07, 6.45) is 14.2. The molecule has 2 saturated heterocycles. The summed E-state index contributed by atoms with van der Waals surface area (Å²) >= 11 is 0. The SMILES string of the molecule is CC(C)(C)[Si](C)(C)O[C@H]1CC[C@@H]2[C@]1(C)CC=C1C=C3C4(CCC[C@]35CC[C@@]12O5)OCCO4. The van der Waals surface area contributed by atoms with E-state index in [2.05, 4.69) is 52.9 Å². The third-order valence-electron chi connectivity index (χ3n) is 10.6. The number of hydrogen-bond acceptors (Lipinski definition) is 4. The van der Waals surface area contributed by atoms with Gasteiger partial charge in [0, 0.05) is 23.3 Å². The Morgan fingerprint density at radius 2 is 1.78 bits per heavy atom. The first-order valence-electron chi connectivity index (χ1n) is 13.1. The molecule has 3 aliphatic carbocycles. The van der Waals surface area contributed by atoms with Crippen LogP contribution >= 0.6 is 0 Å². The van der Waals surface area contributed by atoms with E-state index in [9.17, 15) is 0 Å². The first-order chi connectivity index (χ1) is 15.0. The van der Waals surface area contributed by atoms with Crippen molar-refractivity contribution in [1.29, 1.82) is 0 Å². The predicted molar refractivity (Wildman–Crippen MR) is 128 cm³/mol. The van der Waals surface area contributed by atoms with Gasteiger partial charge in [-0.25, -0.2) is 0 Å². The largest absolute Gasteiger partial charge is 0.413 e. The van der Waals surface area contributed by atoms with Gasteiger partial charge in [0.2, 0.25) is 0 Å². The molecule has 5 heteroatoms. The summed E-state index contributed by atoms with van der Waals surface area (Å²) in [6, 6.07) is 0. The molecule has 5 atom stereocenters. The van der Waals surface area contributed by atoms with Crippen molar-refractivity contribution in [3.63, 3.8) is 0 Å². The molecule has 0 unspecified atom stereocenters. The molecule has 2 saturated carbocycles. The molecular formula is C27H42O4Si. The van der Waals surface area contributed by atoms with Crippen molar-refractivity contribution in [3.8, 4) is 0 Å². The Labute approximate surface area is 195 Å². The number of hydrogen-bond donors (Lipinski definition) is 0. The first kappa shape index (κ1) is 22.0. The van der Waals surface area contributed by atoms with Crippen molar-refractivity contribution < 1.29 is 18.6 Å². The molecule has 0 N–H and O–H groups in total. The predicted octanol–water partition coefficient (Wildman–Crippen LogP) is 6.28. The van der Waals surface area contributed by atoms with Gasteiger partial charge in [-0.3, -0.25) is 0 Å². The highest BCUT2D eigenvalue weighted by Gasteiger charge is 2.69. The van der Waals surface area contributed by atoms with Crippen LogP contribution in [0.2, 0.25) is 18.1 Å². The maximum absolute atomic E-state index is 7.35. The number of allylic oxidation sites excluding steroid dienone is 1. The quantitative estimate of drug-likeness (QED) is 0.457. The van der Waals surface area contributed by atoms with Crippen LogP contribution in [0.4, 0.5) is 0 Å². The zero-order chi connectivity index (χ0) is 22.6. The lowest BCUT2D eigenvalue weighted by atomic mass is 9.60. The average molecular weight is 459 g/mol. The fourth-order valence-corrected chi connectivity index (χ4v) is 9.33. The summed E-state index contributed by atoms with van der Waals surface area (Å²) in [5, 5.41) is 0.240. The van der Waals surface area contributed by atoms with E-state index in [4.69, 9.17) is 18.6 Å². The Bertz CT molecular complexity index is 879. The van der Waals surface area contributed by atoms with Crippen molar-refractivity contribution in [2.24, 2.45) is 11.3 Å². The van der Waals surface area contributed by atoms with Crippen LogP contribution in [0.25, 0.3) is 0 Å². The summed E-state index contributed by atoms with van der Waals surface area (Å²) in [5.41, 5.74) is 2.54. The highest BCUT2D eigenvalue weighted by atomic mass is 28.4. The molecule has 0 aromatic heterocycles. The van der Waals surface area contributed by atoms with Crippen LogP contribution in [0.1, 0.15) is 79.1 Å². The van der Waals surface area contributed by atoms with Gasteiger partial charge >= 0.3 is 0 Å². The molecule has 6 rings (SSSR count). The van der Waals surface area contributed by atoms with Gasteiger partial charge in [-0.15, -0.1) is 0 Å². The van der Waals surface area contributed by atoms with Gasteiger partial charge in [0.1, 0.15) is 0 Å². The fourth-order valence-electron chi connectivity index (χ4n) is 7.88. The number of ether oxygens (including phenoxy) is 3. The molecule has 0 radical (unpaired) electrons. The monoisotopic (exact) mass is 458 g/mol. The lowest BCUT2D eigenvalue weighted by Crippen LogP contribution is -2.58. The Kier molecular flexibility index (Phi) is 4.54. The van der Waals surface area contributed by atoms with Crippen LogP contribution in [0, 0.1) is 11.3 Å². The standard InChI is InChI=1S/C27H42O4Si/c1-23(2,3)32(5,6)30-22-9-8-20-24(22,4)13-10-19-18-21-25(14-15-26(19,20)31-25)11-7-12-27(21)28-16-17-29-27/h10,18,20,22H,7-9,11-17H2,1-6H3/t20-,22+,24+,25+,26-/m1/s1. The molecule has 3 heterocycles. The zero-order valence-corrected chi connectivity index (χ0v) is 22.0. The van der Waals surface area contributed by atoms with E-state index in [1.807, 2.05) is 0 Å². The summed E-state index contributed by atoms with van der Waals surface area (Å²) in [5.74, 6) is 0.00484. The van der Waals surface area contributed by atoms with Crippen molar-refractivity contribution in [2.75, 3.05) is 13.2 Å². The van der Waals surface area contributed by atoms with Crippen LogP contribution in [-0.2, 0) is 18.6 Å². The van der Waals surface area contributed by atoms with Gasteiger partial charge in [-0.2, -0.15) is 0 Å². The van der Waals surface area contributed by atoms with Crippen molar-refractivity contribution in [3.05, 3.63) is 23.3 Å². The summed E-state index contributed by atoms with van der Waals surface area (Å²) in [6.45, 7) is 15.8. The smallest absolute Gasteiger partial charge is 0.194 e. The molecule has 0 aromatic rings. The molecule has 3 aliphatic heterocycles. The van der Waals surface area contributed by atoms with Gasteiger partial charge in [0.15, 0.2) is 14.1 Å². The lowest BCUT2D eigenvalue weighted by molar-refractivity contribution is -0.201. The molecule has 2 bridgehead atoms. The van der Waals surface area contributed by atoms with E-state index < -0.39 is 14.1 Å². The van der Waals surface area contributed by atoms with Gasteiger partial charge in [-0.05, 0) is 74.7 Å². The Morgan fingerprint density at radius 1 is 1.03 bits per heavy atom.